The lowest BCUT2D eigenvalue weighted by Crippen LogP contribution is -2.44. The highest BCUT2D eigenvalue weighted by atomic mass is 19.1. The number of nitrogens with zero attached hydrogens (tertiary/aromatic N) is 5. The summed E-state index contributed by atoms with van der Waals surface area (Å²) in [5.74, 6) is -0.358. The summed E-state index contributed by atoms with van der Waals surface area (Å²) in [5.41, 5.74) is 1.92. The second-order valence-electron chi connectivity index (χ2n) is 7.77. The van der Waals surface area contributed by atoms with Gasteiger partial charge in [-0.25, -0.2) is 14.2 Å². The summed E-state index contributed by atoms with van der Waals surface area (Å²) in [4.78, 5) is 25.6. The van der Waals surface area contributed by atoms with Gasteiger partial charge in [-0.1, -0.05) is 0 Å². The number of carbonyl (C=O) groups is 1. The van der Waals surface area contributed by atoms with E-state index in [1.165, 1.54) is 6.20 Å². The largest absolute Gasteiger partial charge is 0.418 e. The number of imidazole rings is 1. The minimum Gasteiger partial charge on any atom is -0.418 e. The van der Waals surface area contributed by atoms with Gasteiger partial charge in [0.2, 0.25) is 5.82 Å². The van der Waals surface area contributed by atoms with E-state index in [0.29, 0.717) is 24.4 Å². The van der Waals surface area contributed by atoms with Crippen LogP contribution in [0.4, 0.5) is 15.8 Å². The number of H-pyrrole nitrogens is 1. The van der Waals surface area contributed by atoms with Crippen LogP contribution >= 0.6 is 0 Å². The van der Waals surface area contributed by atoms with Crippen LogP contribution in [0.5, 0.6) is 5.75 Å². The third kappa shape index (κ3) is 4.39. The number of aromatic nitrogens is 2. The van der Waals surface area contributed by atoms with E-state index in [1.54, 1.807) is 6.07 Å². The number of piperazine rings is 1. The summed E-state index contributed by atoms with van der Waals surface area (Å²) < 4.78 is 19.7. The molecule has 2 fully saturated rings. The number of piperidine rings is 1. The number of carbonyl (C=O) groups excluding carboxylic acids is 1. The summed E-state index contributed by atoms with van der Waals surface area (Å²) in [6.45, 7) is 4.74. The van der Waals surface area contributed by atoms with Crippen LogP contribution in [0.25, 0.3) is 0 Å². The standard InChI is InChI=1S/C21H25FN6O2/c1-26-7-9-27(10-8-26)17-4-5-19(18(11-17)28-6-2-3-15(22)14-28)30-21(29)20-24-13-16(12-23)25-20/h4-5,11,13,15H,2-3,6-10,14H2,1H3,(H,24,25). The maximum atomic E-state index is 14.1. The number of likely N-dealkylation sites (N-methyl/N-ethyl adjacent to an activating group) is 1. The first kappa shape index (κ1) is 20.2. The van der Waals surface area contributed by atoms with Crippen molar-refractivity contribution in [3.05, 3.63) is 35.9 Å². The average molecular weight is 412 g/mol. The fourth-order valence-corrected chi connectivity index (χ4v) is 3.87. The van der Waals surface area contributed by atoms with Gasteiger partial charge in [-0.15, -0.1) is 0 Å². The molecule has 8 nitrogen and oxygen atoms in total. The van der Waals surface area contributed by atoms with E-state index in [1.807, 2.05) is 23.1 Å². The van der Waals surface area contributed by atoms with Gasteiger partial charge in [0, 0.05) is 45.0 Å². The van der Waals surface area contributed by atoms with Crippen molar-refractivity contribution in [3.63, 3.8) is 0 Å². The molecule has 0 aliphatic carbocycles. The number of halogens is 1. The van der Waals surface area contributed by atoms with E-state index in [2.05, 4.69) is 26.8 Å². The number of esters is 1. The average Bonchev–Trinajstić information content (AvgIpc) is 3.24. The number of ether oxygens (including phenoxy) is 1. The summed E-state index contributed by atoms with van der Waals surface area (Å²) in [6.07, 6.45) is 1.68. The molecule has 30 heavy (non-hydrogen) atoms. The zero-order chi connectivity index (χ0) is 21.1. The van der Waals surface area contributed by atoms with Crippen LogP contribution in [-0.2, 0) is 0 Å². The first-order valence-electron chi connectivity index (χ1n) is 10.2. The topological polar surface area (TPSA) is 88.5 Å². The minimum absolute atomic E-state index is 0.0392. The van der Waals surface area contributed by atoms with Crippen LogP contribution in [0.3, 0.4) is 0 Å². The Labute approximate surface area is 174 Å². The Morgan fingerprint density at radius 1 is 1.27 bits per heavy atom. The molecule has 9 heteroatoms. The van der Waals surface area contributed by atoms with Crippen LogP contribution in [0.1, 0.15) is 29.2 Å². The lowest BCUT2D eigenvalue weighted by Gasteiger charge is -2.36. The predicted molar refractivity (Wildman–Crippen MR) is 111 cm³/mol. The summed E-state index contributed by atoms with van der Waals surface area (Å²) in [5, 5.41) is 8.91. The number of alkyl halides is 1. The van der Waals surface area contributed by atoms with Gasteiger partial charge in [0.1, 0.15) is 17.9 Å². The Balaban J connectivity index is 1.61. The number of aromatic amines is 1. The molecular weight excluding hydrogens is 387 g/mol. The number of nitrogens with one attached hydrogen (secondary N) is 1. The van der Waals surface area contributed by atoms with Crippen molar-refractivity contribution in [1.82, 2.24) is 14.9 Å². The molecule has 2 aromatic rings. The third-order valence-corrected chi connectivity index (χ3v) is 5.61. The monoisotopic (exact) mass is 412 g/mol. The highest BCUT2D eigenvalue weighted by Gasteiger charge is 2.25. The molecule has 0 amide bonds. The SMILES string of the molecule is CN1CCN(c2ccc(OC(=O)c3ncc(C#N)[nH]3)c(N3CCCC(F)C3)c2)CC1. The second-order valence-corrected chi connectivity index (χ2v) is 7.77. The van der Waals surface area contributed by atoms with Crippen molar-refractivity contribution < 1.29 is 13.9 Å². The second kappa shape index (κ2) is 8.71. The predicted octanol–water partition coefficient (Wildman–Crippen LogP) is 2.19. The first-order chi connectivity index (χ1) is 14.5. The van der Waals surface area contributed by atoms with Crippen molar-refractivity contribution >= 4 is 17.3 Å². The van der Waals surface area contributed by atoms with E-state index in [4.69, 9.17) is 10.00 Å². The number of benzene rings is 1. The van der Waals surface area contributed by atoms with Gasteiger partial charge in [0.15, 0.2) is 5.75 Å². The Morgan fingerprint density at radius 3 is 2.77 bits per heavy atom. The lowest BCUT2D eigenvalue weighted by atomic mass is 10.1. The Morgan fingerprint density at radius 2 is 2.07 bits per heavy atom. The van der Waals surface area contributed by atoms with E-state index in [0.717, 1.165) is 38.3 Å². The van der Waals surface area contributed by atoms with Crippen molar-refractivity contribution in [1.29, 1.82) is 5.26 Å². The summed E-state index contributed by atoms with van der Waals surface area (Å²) in [7, 11) is 2.10. The molecule has 1 aromatic carbocycles. The summed E-state index contributed by atoms with van der Waals surface area (Å²) >= 11 is 0. The van der Waals surface area contributed by atoms with Gasteiger partial charge in [0.05, 0.1) is 11.9 Å². The quantitative estimate of drug-likeness (QED) is 0.608. The van der Waals surface area contributed by atoms with E-state index in [9.17, 15) is 9.18 Å². The zero-order valence-corrected chi connectivity index (χ0v) is 17.0. The smallest absolute Gasteiger partial charge is 0.379 e. The van der Waals surface area contributed by atoms with Crippen LogP contribution in [0.15, 0.2) is 24.4 Å². The van der Waals surface area contributed by atoms with Gasteiger partial charge < -0.3 is 24.4 Å². The van der Waals surface area contributed by atoms with Gasteiger partial charge in [-0.2, -0.15) is 5.26 Å². The molecule has 2 aliphatic heterocycles. The maximum absolute atomic E-state index is 14.1. The maximum Gasteiger partial charge on any atom is 0.379 e. The minimum atomic E-state index is -0.905. The van der Waals surface area contributed by atoms with Gasteiger partial charge in [-0.3, -0.25) is 0 Å². The highest BCUT2D eigenvalue weighted by molar-refractivity contribution is 5.88. The Hall–Kier alpha value is -3.12. The van der Waals surface area contributed by atoms with E-state index in [-0.39, 0.29) is 18.1 Å². The molecule has 0 radical (unpaired) electrons. The molecule has 0 spiro atoms. The lowest BCUT2D eigenvalue weighted by molar-refractivity contribution is 0.0723. The highest BCUT2D eigenvalue weighted by Crippen LogP contribution is 2.35. The molecule has 158 valence electrons. The van der Waals surface area contributed by atoms with Gasteiger partial charge in [-0.05, 0) is 38.1 Å². The molecule has 0 bridgehead atoms. The third-order valence-electron chi connectivity index (χ3n) is 5.61. The van der Waals surface area contributed by atoms with Crippen molar-refractivity contribution in [3.8, 4) is 11.8 Å². The molecule has 1 unspecified atom stereocenters. The van der Waals surface area contributed by atoms with Crippen LogP contribution in [0.2, 0.25) is 0 Å². The Bertz CT molecular complexity index is 947. The Kier molecular flexibility index (Phi) is 5.86. The van der Waals surface area contributed by atoms with Crippen molar-refractivity contribution in [2.75, 3.05) is 56.1 Å². The number of hydrogen-bond acceptors (Lipinski definition) is 7. The molecule has 2 aliphatic rings. The molecule has 0 saturated carbocycles. The van der Waals surface area contributed by atoms with Crippen molar-refractivity contribution in [2.45, 2.75) is 19.0 Å². The molecule has 1 N–H and O–H groups in total. The van der Waals surface area contributed by atoms with Crippen LogP contribution in [-0.4, -0.2) is 73.3 Å². The number of hydrogen-bond donors (Lipinski definition) is 1. The number of nitriles is 1. The molecule has 3 heterocycles. The van der Waals surface area contributed by atoms with Gasteiger partial charge >= 0.3 is 5.97 Å². The molecule has 2 saturated heterocycles. The van der Waals surface area contributed by atoms with Crippen molar-refractivity contribution in [2.24, 2.45) is 0 Å². The van der Waals surface area contributed by atoms with E-state index < -0.39 is 12.1 Å². The van der Waals surface area contributed by atoms with Crippen LogP contribution in [0, 0.1) is 11.3 Å². The first-order valence-corrected chi connectivity index (χ1v) is 10.2. The zero-order valence-electron chi connectivity index (χ0n) is 17.0. The molecule has 1 aromatic heterocycles. The number of rotatable bonds is 4. The summed E-state index contributed by atoms with van der Waals surface area (Å²) in [6, 6.07) is 7.57. The fraction of sp³-hybridized carbons (Fsp3) is 0.476. The molecule has 4 rings (SSSR count). The van der Waals surface area contributed by atoms with Gasteiger partial charge in [0.25, 0.3) is 0 Å². The van der Waals surface area contributed by atoms with Crippen LogP contribution < -0.4 is 14.5 Å². The normalized spacial score (nSPS) is 20.1. The molecule has 1 atom stereocenters. The fourth-order valence-electron chi connectivity index (χ4n) is 3.87. The molecular formula is C21H25FN6O2. The van der Waals surface area contributed by atoms with E-state index >= 15 is 0 Å². The number of anilines is 2.